The first-order chi connectivity index (χ1) is 10.5. The second-order valence-electron chi connectivity index (χ2n) is 6.09. The number of nitrogens with one attached hydrogen (secondary N) is 1. The van der Waals surface area contributed by atoms with Gasteiger partial charge in [0.25, 0.3) is 5.91 Å². The fraction of sp³-hybridized carbons (Fsp3) is 0.500. The summed E-state index contributed by atoms with van der Waals surface area (Å²) in [6, 6.07) is 3.95. The van der Waals surface area contributed by atoms with E-state index >= 15 is 0 Å². The second-order valence-corrected chi connectivity index (χ2v) is 6.09. The number of carbonyl (C=O) groups is 1. The number of aliphatic hydroxyl groups is 1. The highest BCUT2D eigenvalue weighted by atomic mass is 16.3. The number of H-pyrrole nitrogens is 1. The first kappa shape index (κ1) is 15.0. The van der Waals surface area contributed by atoms with E-state index in [1.54, 1.807) is 13.1 Å². The summed E-state index contributed by atoms with van der Waals surface area (Å²) < 4.78 is 0. The van der Waals surface area contributed by atoms with Crippen LogP contribution in [0.2, 0.25) is 0 Å². The van der Waals surface area contributed by atoms with Crippen molar-refractivity contribution in [3.05, 3.63) is 29.5 Å². The molecule has 3 rings (SSSR count). The van der Waals surface area contributed by atoms with Crippen molar-refractivity contribution in [2.75, 3.05) is 32.7 Å². The molecule has 0 spiro atoms. The monoisotopic (exact) mass is 302 g/mol. The highest BCUT2D eigenvalue weighted by molar-refractivity contribution is 6.05. The Balaban J connectivity index is 1.75. The molecular formula is C16H22N4O2. The number of fused-ring (bicyclic) bond motifs is 1. The molecular weight excluding hydrogens is 280 g/mol. The van der Waals surface area contributed by atoms with E-state index in [1.807, 2.05) is 24.0 Å². The van der Waals surface area contributed by atoms with Gasteiger partial charge >= 0.3 is 0 Å². The van der Waals surface area contributed by atoms with Crippen molar-refractivity contribution >= 4 is 16.8 Å². The maximum atomic E-state index is 12.8. The number of β-amino-alcohol motifs (C(OH)–C–C–N with tert-alkyl or cyclic N) is 1. The molecule has 2 aromatic rings. The topological polar surface area (TPSA) is 72.5 Å². The number of aliphatic hydroxyl groups excluding tert-OH is 1. The second kappa shape index (κ2) is 6.06. The van der Waals surface area contributed by atoms with Crippen LogP contribution in [0.15, 0.2) is 18.3 Å². The molecule has 1 unspecified atom stereocenters. The zero-order valence-electron chi connectivity index (χ0n) is 13.0. The maximum Gasteiger partial charge on any atom is 0.256 e. The van der Waals surface area contributed by atoms with Crippen LogP contribution in [-0.2, 0) is 0 Å². The van der Waals surface area contributed by atoms with Crippen molar-refractivity contribution in [2.45, 2.75) is 20.0 Å². The van der Waals surface area contributed by atoms with Crippen LogP contribution < -0.4 is 0 Å². The lowest BCUT2D eigenvalue weighted by molar-refractivity contribution is 0.0555. The number of hydrogen-bond donors (Lipinski definition) is 2. The Morgan fingerprint density at radius 1 is 1.36 bits per heavy atom. The first-order valence-corrected chi connectivity index (χ1v) is 7.68. The van der Waals surface area contributed by atoms with Crippen molar-refractivity contribution in [1.82, 2.24) is 20.0 Å². The van der Waals surface area contributed by atoms with Crippen LogP contribution in [0.4, 0.5) is 0 Å². The zero-order valence-corrected chi connectivity index (χ0v) is 13.0. The van der Waals surface area contributed by atoms with Gasteiger partial charge in [-0.3, -0.25) is 14.8 Å². The molecule has 6 nitrogen and oxygen atoms in total. The van der Waals surface area contributed by atoms with Gasteiger partial charge in [-0.05, 0) is 31.5 Å². The number of aromatic nitrogens is 2. The molecule has 2 N–H and O–H groups in total. The van der Waals surface area contributed by atoms with Gasteiger partial charge in [0.2, 0.25) is 0 Å². The van der Waals surface area contributed by atoms with Gasteiger partial charge in [-0.25, -0.2) is 0 Å². The fourth-order valence-corrected chi connectivity index (χ4v) is 3.05. The number of carbonyl (C=O) groups excluding carboxylic acids is 1. The molecule has 1 saturated heterocycles. The molecule has 1 aliphatic heterocycles. The molecule has 2 heterocycles. The molecule has 1 fully saturated rings. The highest BCUT2D eigenvalue weighted by Gasteiger charge is 2.24. The molecule has 0 radical (unpaired) electrons. The van der Waals surface area contributed by atoms with E-state index in [1.165, 1.54) is 0 Å². The molecule has 1 amide bonds. The number of aryl methyl sites for hydroxylation is 1. The van der Waals surface area contributed by atoms with Crippen LogP contribution in [0, 0.1) is 6.92 Å². The van der Waals surface area contributed by atoms with Gasteiger partial charge in [0.1, 0.15) is 0 Å². The Morgan fingerprint density at radius 2 is 2.09 bits per heavy atom. The van der Waals surface area contributed by atoms with Crippen molar-refractivity contribution in [2.24, 2.45) is 0 Å². The van der Waals surface area contributed by atoms with Crippen molar-refractivity contribution in [1.29, 1.82) is 0 Å². The lowest BCUT2D eigenvalue weighted by atomic mass is 10.1. The first-order valence-electron chi connectivity index (χ1n) is 7.68. The van der Waals surface area contributed by atoms with Gasteiger partial charge in [-0.2, -0.15) is 5.10 Å². The summed E-state index contributed by atoms with van der Waals surface area (Å²) in [5, 5.41) is 17.4. The normalized spacial score (nSPS) is 17.9. The third-order valence-corrected chi connectivity index (χ3v) is 4.11. The number of rotatable bonds is 3. The number of nitrogens with zero attached hydrogens (tertiary/aromatic N) is 3. The summed E-state index contributed by atoms with van der Waals surface area (Å²) in [5.74, 6) is 0.0506. The van der Waals surface area contributed by atoms with E-state index < -0.39 is 0 Å². The molecule has 0 bridgehead atoms. The van der Waals surface area contributed by atoms with Crippen LogP contribution in [0.1, 0.15) is 22.8 Å². The number of aromatic amines is 1. The number of hydrogen-bond acceptors (Lipinski definition) is 4. The molecule has 6 heteroatoms. The molecule has 0 aliphatic carbocycles. The van der Waals surface area contributed by atoms with Gasteiger partial charge in [-0.15, -0.1) is 0 Å². The van der Waals surface area contributed by atoms with E-state index in [0.29, 0.717) is 25.2 Å². The van der Waals surface area contributed by atoms with Gasteiger partial charge < -0.3 is 10.0 Å². The molecule has 118 valence electrons. The van der Waals surface area contributed by atoms with Gasteiger partial charge in [0.05, 0.1) is 23.4 Å². The number of piperazine rings is 1. The minimum absolute atomic E-state index is 0.0506. The predicted molar refractivity (Wildman–Crippen MR) is 84.9 cm³/mol. The van der Waals surface area contributed by atoms with Crippen molar-refractivity contribution < 1.29 is 9.90 Å². The Labute approximate surface area is 129 Å². The van der Waals surface area contributed by atoms with Gasteiger partial charge in [0, 0.05) is 38.1 Å². The SMILES string of the molecule is Cc1cc(C(=O)N2CCN(CC(C)O)CC2)c2[nH]ncc2c1. The van der Waals surface area contributed by atoms with Crippen LogP contribution in [0.25, 0.3) is 10.9 Å². The average molecular weight is 302 g/mol. The standard InChI is InChI=1S/C16H22N4O2/c1-11-7-13-9-17-18-15(13)14(8-11)16(22)20-5-3-19(4-6-20)10-12(2)21/h7-9,12,21H,3-6,10H2,1-2H3,(H,17,18). The molecule has 22 heavy (non-hydrogen) atoms. The highest BCUT2D eigenvalue weighted by Crippen LogP contribution is 2.20. The van der Waals surface area contributed by atoms with Crippen molar-refractivity contribution in [3.63, 3.8) is 0 Å². The molecule has 0 saturated carbocycles. The Hall–Kier alpha value is -1.92. The minimum atomic E-state index is -0.330. The Morgan fingerprint density at radius 3 is 2.77 bits per heavy atom. The van der Waals surface area contributed by atoms with E-state index in [9.17, 15) is 9.90 Å². The van der Waals surface area contributed by atoms with Crippen LogP contribution in [0.3, 0.4) is 0 Å². The van der Waals surface area contributed by atoms with Crippen LogP contribution in [0.5, 0.6) is 0 Å². The van der Waals surface area contributed by atoms with E-state index in [0.717, 1.165) is 29.6 Å². The fourth-order valence-electron chi connectivity index (χ4n) is 3.05. The quantitative estimate of drug-likeness (QED) is 0.887. The van der Waals surface area contributed by atoms with Gasteiger partial charge in [0.15, 0.2) is 0 Å². The predicted octanol–water partition coefficient (Wildman–Crippen LogP) is 1.01. The van der Waals surface area contributed by atoms with Crippen LogP contribution in [-0.4, -0.2) is 69.8 Å². The summed E-state index contributed by atoms with van der Waals surface area (Å²) in [4.78, 5) is 16.9. The number of benzene rings is 1. The zero-order chi connectivity index (χ0) is 15.7. The minimum Gasteiger partial charge on any atom is -0.392 e. The van der Waals surface area contributed by atoms with E-state index in [4.69, 9.17) is 0 Å². The lowest BCUT2D eigenvalue weighted by Crippen LogP contribution is -2.50. The Bertz CT molecular complexity index is 672. The third kappa shape index (κ3) is 2.98. The summed E-state index contributed by atoms with van der Waals surface area (Å²) >= 11 is 0. The summed E-state index contributed by atoms with van der Waals surface area (Å²) in [5.41, 5.74) is 2.56. The van der Waals surface area contributed by atoms with Crippen molar-refractivity contribution in [3.8, 4) is 0 Å². The molecule has 1 aliphatic rings. The largest absolute Gasteiger partial charge is 0.392 e. The average Bonchev–Trinajstić information content (AvgIpc) is 2.94. The smallest absolute Gasteiger partial charge is 0.256 e. The number of amides is 1. The van der Waals surface area contributed by atoms with Gasteiger partial charge in [-0.1, -0.05) is 0 Å². The molecule has 1 atom stereocenters. The Kier molecular flexibility index (Phi) is 4.13. The maximum absolute atomic E-state index is 12.8. The summed E-state index contributed by atoms with van der Waals surface area (Å²) in [6.45, 7) is 7.42. The summed E-state index contributed by atoms with van der Waals surface area (Å²) in [6.07, 6.45) is 1.42. The van der Waals surface area contributed by atoms with Crippen LogP contribution >= 0.6 is 0 Å². The molecule has 1 aromatic carbocycles. The summed E-state index contributed by atoms with van der Waals surface area (Å²) in [7, 11) is 0. The van der Waals surface area contributed by atoms with E-state index in [-0.39, 0.29) is 12.0 Å². The third-order valence-electron chi connectivity index (χ3n) is 4.11. The molecule has 1 aromatic heterocycles. The lowest BCUT2D eigenvalue weighted by Gasteiger charge is -2.35. The van der Waals surface area contributed by atoms with E-state index in [2.05, 4.69) is 15.1 Å².